The monoisotopic (exact) mass is 611 g/mol. The average molecular weight is 612 g/mol. The van der Waals surface area contributed by atoms with Gasteiger partial charge in [-0.25, -0.2) is 0 Å². The number of hydrogen-bond acceptors (Lipinski definition) is 9. The number of carbonyl (C=O) groups is 3. The van der Waals surface area contributed by atoms with Crippen molar-refractivity contribution in [1.82, 2.24) is 4.90 Å². The Labute approximate surface area is 256 Å². The van der Waals surface area contributed by atoms with Gasteiger partial charge in [0, 0.05) is 11.5 Å². The molecule has 1 unspecified atom stereocenters. The molecule has 0 amide bonds. The first-order valence-corrected chi connectivity index (χ1v) is 17.9. The van der Waals surface area contributed by atoms with E-state index >= 15 is 0 Å². The molecule has 9 heteroatoms. The third kappa shape index (κ3) is 20.8. The average Bonchev–Trinajstić information content (AvgIpc) is 2.93. The Kier molecular flexibility index (Phi) is 22.6. The predicted octanol–water partition coefficient (Wildman–Crippen LogP) is 7.50. The van der Waals surface area contributed by atoms with Crippen LogP contribution in [0.25, 0.3) is 0 Å². The first-order chi connectivity index (χ1) is 19.8. The molecule has 0 saturated heterocycles. The molecular weight excluding hydrogens is 558 g/mol. The predicted molar refractivity (Wildman–Crippen MR) is 171 cm³/mol. The molecule has 1 rings (SSSR count). The van der Waals surface area contributed by atoms with Gasteiger partial charge in [-0.3, -0.25) is 19.3 Å². The summed E-state index contributed by atoms with van der Waals surface area (Å²) < 4.78 is 16.2. The summed E-state index contributed by atoms with van der Waals surface area (Å²) in [5, 5.41) is 0. The fraction of sp³-hybridized carbons (Fsp3) is 0.719. The second-order valence-electron chi connectivity index (χ2n) is 10.7. The summed E-state index contributed by atoms with van der Waals surface area (Å²) in [6.07, 6.45) is 13.9. The van der Waals surface area contributed by atoms with Gasteiger partial charge in [-0.2, -0.15) is 0 Å². The highest BCUT2D eigenvalue weighted by Crippen LogP contribution is 2.23. The Morgan fingerprint density at radius 1 is 0.732 bits per heavy atom. The van der Waals surface area contributed by atoms with E-state index in [1.807, 2.05) is 26.2 Å². The maximum Gasteiger partial charge on any atom is 0.320 e. The second-order valence-corrected chi connectivity index (χ2v) is 13.4. The van der Waals surface area contributed by atoms with Gasteiger partial charge >= 0.3 is 17.9 Å². The van der Waals surface area contributed by atoms with E-state index in [1.165, 1.54) is 44.9 Å². The molecule has 41 heavy (non-hydrogen) atoms. The maximum atomic E-state index is 13.0. The van der Waals surface area contributed by atoms with Crippen molar-refractivity contribution in [1.29, 1.82) is 0 Å². The topological polar surface area (TPSA) is 82.1 Å². The van der Waals surface area contributed by atoms with Crippen LogP contribution in [0.15, 0.2) is 24.3 Å². The first kappa shape index (κ1) is 37.3. The lowest BCUT2D eigenvalue weighted by Crippen LogP contribution is -2.24. The number of carbonyl (C=O) groups excluding carboxylic acids is 3. The van der Waals surface area contributed by atoms with Crippen LogP contribution < -0.4 is 4.74 Å². The molecule has 0 radical (unpaired) electrons. The van der Waals surface area contributed by atoms with Crippen LogP contribution in [0.4, 0.5) is 0 Å². The van der Waals surface area contributed by atoms with Crippen molar-refractivity contribution in [2.24, 2.45) is 5.92 Å². The van der Waals surface area contributed by atoms with Crippen molar-refractivity contribution in [3.63, 3.8) is 0 Å². The summed E-state index contributed by atoms with van der Waals surface area (Å²) in [5.74, 6) is 1.17. The molecule has 1 atom stereocenters. The van der Waals surface area contributed by atoms with Gasteiger partial charge in [-0.15, -0.1) is 0 Å². The molecule has 0 N–H and O–H groups in total. The van der Waals surface area contributed by atoms with Crippen LogP contribution in [0.1, 0.15) is 96.5 Å². The summed E-state index contributed by atoms with van der Waals surface area (Å²) in [6.45, 7) is 5.39. The van der Waals surface area contributed by atoms with E-state index in [0.717, 1.165) is 37.7 Å². The van der Waals surface area contributed by atoms with Gasteiger partial charge in [-0.05, 0) is 44.6 Å². The van der Waals surface area contributed by atoms with E-state index in [-0.39, 0.29) is 36.8 Å². The fourth-order valence-electron chi connectivity index (χ4n) is 4.26. The highest BCUT2D eigenvalue weighted by atomic mass is 33.1. The minimum Gasteiger partial charge on any atom is -0.465 e. The summed E-state index contributed by atoms with van der Waals surface area (Å²) in [6, 6.07) is 7.15. The van der Waals surface area contributed by atoms with Gasteiger partial charge in [0.25, 0.3) is 0 Å². The molecule has 0 saturated carbocycles. The zero-order valence-corrected chi connectivity index (χ0v) is 27.5. The van der Waals surface area contributed by atoms with Gasteiger partial charge in [0.15, 0.2) is 0 Å². The lowest BCUT2D eigenvalue weighted by molar-refractivity contribution is -0.144. The molecule has 0 aliphatic carbocycles. The van der Waals surface area contributed by atoms with Crippen LogP contribution >= 0.6 is 21.6 Å². The maximum absolute atomic E-state index is 13.0. The SMILES string of the molecule is CCCCCCCCC(CCCCCC)C(=O)Oc1ccc(CC(=O)OCCSSCCOC(=O)CN(C)C)cc1. The smallest absolute Gasteiger partial charge is 0.320 e. The number of unbranched alkanes of at least 4 members (excludes halogenated alkanes) is 8. The molecule has 1 aromatic rings. The van der Waals surface area contributed by atoms with Crippen molar-refractivity contribution in [2.45, 2.75) is 97.3 Å². The van der Waals surface area contributed by atoms with Crippen LogP contribution in [0.3, 0.4) is 0 Å². The van der Waals surface area contributed by atoms with Gasteiger partial charge in [0.1, 0.15) is 19.0 Å². The Balaban J connectivity index is 2.33. The zero-order chi connectivity index (χ0) is 30.1. The minimum absolute atomic E-state index is 0.0539. The minimum atomic E-state index is -0.288. The largest absolute Gasteiger partial charge is 0.465 e. The van der Waals surface area contributed by atoms with Crippen molar-refractivity contribution < 1.29 is 28.6 Å². The molecule has 7 nitrogen and oxygen atoms in total. The lowest BCUT2D eigenvalue weighted by atomic mass is 9.94. The van der Waals surface area contributed by atoms with Crippen molar-refractivity contribution in [3.05, 3.63) is 29.8 Å². The van der Waals surface area contributed by atoms with Crippen molar-refractivity contribution in [3.8, 4) is 5.75 Å². The van der Waals surface area contributed by atoms with E-state index in [0.29, 0.717) is 30.5 Å². The van der Waals surface area contributed by atoms with Crippen LogP contribution in [-0.4, -0.2) is 68.2 Å². The Morgan fingerprint density at radius 2 is 1.24 bits per heavy atom. The summed E-state index contributed by atoms with van der Waals surface area (Å²) in [7, 11) is 6.81. The van der Waals surface area contributed by atoms with Gasteiger partial charge in [0.2, 0.25) is 0 Å². The number of nitrogens with zero attached hydrogens (tertiary/aromatic N) is 1. The number of benzene rings is 1. The second kappa shape index (κ2) is 24.8. The molecular formula is C32H53NO6S2. The fourth-order valence-corrected chi connectivity index (χ4v) is 5.92. The third-order valence-electron chi connectivity index (χ3n) is 6.52. The quantitative estimate of drug-likeness (QED) is 0.0483. The van der Waals surface area contributed by atoms with E-state index in [9.17, 15) is 14.4 Å². The van der Waals surface area contributed by atoms with Gasteiger partial charge in [0.05, 0.1) is 18.9 Å². The third-order valence-corrected chi connectivity index (χ3v) is 8.86. The van der Waals surface area contributed by atoms with Crippen molar-refractivity contribution in [2.75, 3.05) is 45.4 Å². The number of hydrogen-bond donors (Lipinski definition) is 0. The van der Waals surface area contributed by atoms with Crippen LogP contribution in [0.5, 0.6) is 5.75 Å². The highest BCUT2D eigenvalue weighted by Gasteiger charge is 2.20. The molecule has 0 aliphatic rings. The number of rotatable bonds is 25. The number of esters is 3. The Hall–Kier alpha value is -1.71. The van der Waals surface area contributed by atoms with E-state index in [1.54, 1.807) is 38.6 Å². The molecule has 234 valence electrons. The Bertz CT molecular complexity index is 834. The normalized spacial score (nSPS) is 11.8. The number of likely N-dealkylation sites (N-methyl/N-ethyl adjacent to an activating group) is 1. The molecule has 0 heterocycles. The molecule has 0 aromatic heterocycles. The van der Waals surface area contributed by atoms with Crippen molar-refractivity contribution >= 4 is 39.5 Å². The lowest BCUT2D eigenvalue weighted by Gasteiger charge is -2.16. The van der Waals surface area contributed by atoms with Gasteiger partial charge in [-0.1, -0.05) is 112 Å². The Morgan fingerprint density at radius 3 is 1.80 bits per heavy atom. The first-order valence-electron chi connectivity index (χ1n) is 15.4. The molecule has 1 aromatic carbocycles. The molecule has 0 fully saturated rings. The summed E-state index contributed by atoms with van der Waals surface area (Å²) >= 11 is 0. The van der Waals surface area contributed by atoms with Gasteiger partial charge < -0.3 is 14.2 Å². The number of ether oxygens (including phenoxy) is 3. The molecule has 0 bridgehead atoms. The highest BCUT2D eigenvalue weighted by molar-refractivity contribution is 8.76. The molecule has 0 spiro atoms. The van der Waals surface area contributed by atoms with Crippen LogP contribution in [0, 0.1) is 5.92 Å². The van der Waals surface area contributed by atoms with E-state index in [4.69, 9.17) is 14.2 Å². The van der Waals surface area contributed by atoms with Crippen LogP contribution in [0.2, 0.25) is 0 Å². The zero-order valence-electron chi connectivity index (χ0n) is 25.8. The standard InChI is InChI=1S/C32H53NO6S2/c1-5-7-9-11-12-14-16-28(15-13-10-8-6-2)32(36)39-29-19-17-27(18-20-29)25-30(34)37-21-23-40-41-24-22-38-31(35)26-33(3)4/h17-20,28H,5-16,21-26H2,1-4H3. The van der Waals surface area contributed by atoms with Crippen LogP contribution in [-0.2, 0) is 30.3 Å². The van der Waals surface area contributed by atoms with E-state index < -0.39 is 0 Å². The van der Waals surface area contributed by atoms with E-state index in [2.05, 4.69) is 13.8 Å². The summed E-state index contributed by atoms with van der Waals surface area (Å²) in [5.41, 5.74) is 0.819. The molecule has 0 aliphatic heterocycles. The summed E-state index contributed by atoms with van der Waals surface area (Å²) in [4.78, 5) is 38.4.